The molecule has 0 aliphatic rings. The molecule has 1 aromatic rings. The Bertz CT molecular complexity index is 376. The van der Waals surface area contributed by atoms with Crippen LogP contribution in [0.2, 0.25) is 10.0 Å². The molecule has 0 aliphatic heterocycles. The van der Waals surface area contributed by atoms with Crippen molar-refractivity contribution < 1.29 is 9.84 Å². The van der Waals surface area contributed by atoms with Gasteiger partial charge in [0.2, 0.25) is 0 Å². The van der Waals surface area contributed by atoms with Crippen LogP contribution in [0.3, 0.4) is 0 Å². The first-order chi connectivity index (χ1) is 7.20. The van der Waals surface area contributed by atoms with E-state index in [1.165, 1.54) is 0 Å². The van der Waals surface area contributed by atoms with Crippen LogP contribution in [-0.2, 0) is 4.74 Å². The van der Waals surface area contributed by atoms with E-state index in [-0.39, 0.29) is 13.2 Å². The van der Waals surface area contributed by atoms with E-state index >= 15 is 0 Å². The summed E-state index contributed by atoms with van der Waals surface area (Å²) in [6.45, 7) is -0.0581. The van der Waals surface area contributed by atoms with E-state index in [1.807, 2.05) is 6.07 Å². The van der Waals surface area contributed by atoms with Crippen molar-refractivity contribution in [2.24, 2.45) is 0 Å². The number of aliphatic hydroxyl groups is 1. The third-order valence-electron chi connectivity index (χ3n) is 1.76. The Morgan fingerprint density at radius 2 is 2.20 bits per heavy atom. The van der Waals surface area contributed by atoms with Gasteiger partial charge in [-0.05, 0) is 6.07 Å². The van der Waals surface area contributed by atoms with Gasteiger partial charge < -0.3 is 9.84 Å². The Balaban J connectivity index is 2.93. The van der Waals surface area contributed by atoms with Crippen molar-refractivity contribution in [1.29, 1.82) is 5.26 Å². The highest BCUT2D eigenvalue weighted by atomic mass is 35.5. The highest BCUT2D eigenvalue weighted by Gasteiger charge is 2.15. The van der Waals surface area contributed by atoms with Gasteiger partial charge in [-0.15, -0.1) is 0 Å². The van der Waals surface area contributed by atoms with Crippen molar-refractivity contribution in [3.05, 3.63) is 33.8 Å². The maximum absolute atomic E-state index is 8.86. The first-order valence-corrected chi connectivity index (χ1v) is 5.02. The number of benzene rings is 1. The minimum Gasteiger partial charge on any atom is -0.394 e. The van der Waals surface area contributed by atoms with E-state index in [2.05, 4.69) is 0 Å². The molecular formula is C10H9Cl2NO2. The molecule has 0 aromatic heterocycles. The van der Waals surface area contributed by atoms with Gasteiger partial charge in [-0.3, -0.25) is 0 Å². The molecule has 0 saturated carbocycles. The van der Waals surface area contributed by atoms with Gasteiger partial charge in [-0.2, -0.15) is 5.26 Å². The number of aliphatic hydroxyl groups excluding tert-OH is 1. The van der Waals surface area contributed by atoms with Crippen LogP contribution in [0.4, 0.5) is 0 Å². The van der Waals surface area contributed by atoms with E-state index in [1.54, 1.807) is 18.2 Å². The van der Waals surface area contributed by atoms with Crippen LogP contribution in [0, 0.1) is 11.3 Å². The predicted octanol–water partition coefficient (Wildman–Crippen LogP) is 2.57. The largest absolute Gasteiger partial charge is 0.394 e. The number of hydrogen-bond donors (Lipinski definition) is 1. The third kappa shape index (κ3) is 3.08. The maximum Gasteiger partial charge on any atom is 0.170 e. The lowest BCUT2D eigenvalue weighted by atomic mass is 10.1. The van der Waals surface area contributed by atoms with Crippen LogP contribution in [0.5, 0.6) is 0 Å². The van der Waals surface area contributed by atoms with Crippen molar-refractivity contribution in [2.45, 2.75) is 6.10 Å². The average molecular weight is 246 g/mol. The quantitative estimate of drug-likeness (QED) is 0.888. The molecule has 0 saturated heterocycles. The second kappa shape index (κ2) is 5.94. The molecule has 1 N–H and O–H groups in total. The van der Waals surface area contributed by atoms with Crippen LogP contribution in [0.1, 0.15) is 11.7 Å². The summed E-state index contributed by atoms with van der Waals surface area (Å²) in [6.07, 6.45) is -0.802. The molecule has 3 nitrogen and oxygen atoms in total. The molecule has 15 heavy (non-hydrogen) atoms. The van der Waals surface area contributed by atoms with E-state index < -0.39 is 6.10 Å². The molecule has 0 heterocycles. The normalized spacial score (nSPS) is 12.1. The Morgan fingerprint density at radius 1 is 1.47 bits per heavy atom. The molecule has 1 unspecified atom stereocenters. The minimum atomic E-state index is -0.802. The standard InChI is InChI=1S/C10H9Cl2NO2/c11-8-3-1-2-7(10(8)12)9(6-13)15-5-4-14/h1-3,9,14H,4-5H2. The number of nitriles is 1. The summed E-state index contributed by atoms with van der Waals surface area (Å²) in [4.78, 5) is 0. The van der Waals surface area contributed by atoms with Gasteiger partial charge in [-0.25, -0.2) is 0 Å². The molecule has 0 spiro atoms. The molecule has 1 atom stereocenters. The fraction of sp³-hybridized carbons (Fsp3) is 0.300. The summed E-state index contributed by atoms with van der Waals surface area (Å²) in [5, 5.41) is 18.1. The minimum absolute atomic E-state index is 0.0844. The predicted molar refractivity (Wildman–Crippen MR) is 57.9 cm³/mol. The molecule has 1 aromatic carbocycles. The topological polar surface area (TPSA) is 53.2 Å². The van der Waals surface area contributed by atoms with Crippen LogP contribution >= 0.6 is 23.2 Å². The highest BCUT2D eigenvalue weighted by Crippen LogP contribution is 2.31. The highest BCUT2D eigenvalue weighted by molar-refractivity contribution is 6.42. The lowest BCUT2D eigenvalue weighted by molar-refractivity contribution is 0.0582. The zero-order valence-electron chi connectivity index (χ0n) is 7.78. The van der Waals surface area contributed by atoms with Crippen LogP contribution in [0.15, 0.2) is 18.2 Å². The molecule has 0 aliphatic carbocycles. The molecule has 0 bridgehead atoms. The van der Waals surface area contributed by atoms with E-state index in [4.69, 9.17) is 38.3 Å². The molecule has 0 fully saturated rings. The lowest BCUT2D eigenvalue weighted by Crippen LogP contribution is -2.06. The smallest absolute Gasteiger partial charge is 0.170 e. The monoisotopic (exact) mass is 245 g/mol. The number of hydrogen-bond acceptors (Lipinski definition) is 3. The van der Waals surface area contributed by atoms with Gasteiger partial charge in [0.25, 0.3) is 0 Å². The van der Waals surface area contributed by atoms with E-state index in [0.29, 0.717) is 15.6 Å². The summed E-state index contributed by atoms with van der Waals surface area (Å²) in [5.74, 6) is 0. The number of ether oxygens (including phenoxy) is 1. The molecule has 0 radical (unpaired) electrons. The number of nitrogens with zero attached hydrogens (tertiary/aromatic N) is 1. The van der Waals surface area contributed by atoms with Crippen molar-refractivity contribution in [3.8, 4) is 6.07 Å². The van der Waals surface area contributed by atoms with Crippen molar-refractivity contribution in [3.63, 3.8) is 0 Å². The zero-order valence-corrected chi connectivity index (χ0v) is 9.29. The fourth-order valence-corrected chi connectivity index (χ4v) is 1.50. The van der Waals surface area contributed by atoms with Crippen molar-refractivity contribution >= 4 is 23.2 Å². The number of halogens is 2. The first-order valence-electron chi connectivity index (χ1n) is 4.26. The summed E-state index contributed by atoms with van der Waals surface area (Å²) < 4.78 is 5.11. The van der Waals surface area contributed by atoms with Crippen LogP contribution in [-0.4, -0.2) is 18.3 Å². The van der Waals surface area contributed by atoms with Gasteiger partial charge in [0.05, 0.1) is 29.3 Å². The fourth-order valence-electron chi connectivity index (χ4n) is 1.09. The van der Waals surface area contributed by atoms with Gasteiger partial charge in [-0.1, -0.05) is 35.3 Å². The molecule has 80 valence electrons. The zero-order chi connectivity index (χ0) is 11.3. The van der Waals surface area contributed by atoms with Crippen LogP contribution < -0.4 is 0 Å². The second-order valence-electron chi connectivity index (χ2n) is 2.75. The Hall–Kier alpha value is -0.790. The average Bonchev–Trinajstić information content (AvgIpc) is 2.25. The Kier molecular flexibility index (Phi) is 4.86. The van der Waals surface area contributed by atoms with E-state index in [9.17, 15) is 0 Å². The Labute approximate surface area is 97.8 Å². The summed E-state index contributed by atoms with van der Waals surface area (Å²) >= 11 is 11.7. The van der Waals surface area contributed by atoms with E-state index in [0.717, 1.165) is 0 Å². The number of rotatable bonds is 4. The summed E-state index contributed by atoms with van der Waals surface area (Å²) in [5.41, 5.74) is 0.514. The molecular weight excluding hydrogens is 237 g/mol. The van der Waals surface area contributed by atoms with Gasteiger partial charge >= 0.3 is 0 Å². The summed E-state index contributed by atoms with van der Waals surface area (Å²) in [7, 11) is 0. The maximum atomic E-state index is 8.86. The van der Waals surface area contributed by atoms with Gasteiger partial charge in [0.1, 0.15) is 0 Å². The SMILES string of the molecule is N#CC(OCCO)c1cccc(Cl)c1Cl. The lowest BCUT2D eigenvalue weighted by Gasteiger charge is -2.12. The first kappa shape index (κ1) is 12.3. The second-order valence-corrected chi connectivity index (χ2v) is 3.53. The molecule has 1 rings (SSSR count). The van der Waals surface area contributed by atoms with Gasteiger partial charge in [0.15, 0.2) is 6.10 Å². The van der Waals surface area contributed by atoms with Gasteiger partial charge in [0, 0.05) is 5.56 Å². The summed E-state index contributed by atoms with van der Waals surface area (Å²) in [6, 6.07) is 6.93. The third-order valence-corrected chi connectivity index (χ3v) is 2.59. The van der Waals surface area contributed by atoms with Crippen LogP contribution in [0.25, 0.3) is 0 Å². The molecule has 5 heteroatoms. The van der Waals surface area contributed by atoms with Crippen molar-refractivity contribution in [1.82, 2.24) is 0 Å². The Morgan fingerprint density at radius 3 is 2.80 bits per heavy atom. The molecule has 0 amide bonds. The van der Waals surface area contributed by atoms with Crippen molar-refractivity contribution in [2.75, 3.05) is 13.2 Å².